The minimum absolute atomic E-state index is 0.242. The maximum atomic E-state index is 5.95. The molecule has 1 heterocycles. The second-order valence-corrected chi connectivity index (χ2v) is 4.73. The molecular formula is C11H20ClN5. The van der Waals surface area contributed by atoms with Gasteiger partial charge < -0.3 is 15.5 Å². The van der Waals surface area contributed by atoms with Crippen LogP contribution < -0.4 is 10.6 Å². The zero-order chi connectivity index (χ0) is 13.0. The first-order chi connectivity index (χ1) is 7.91. The van der Waals surface area contributed by atoms with Gasteiger partial charge in [-0.25, -0.2) is 4.98 Å². The van der Waals surface area contributed by atoms with E-state index in [4.69, 9.17) is 17.3 Å². The van der Waals surface area contributed by atoms with Crippen LogP contribution in [0.5, 0.6) is 0 Å². The van der Waals surface area contributed by atoms with Gasteiger partial charge in [0.15, 0.2) is 5.82 Å². The molecule has 1 aromatic heterocycles. The Morgan fingerprint density at radius 2 is 1.82 bits per heavy atom. The van der Waals surface area contributed by atoms with Crippen LogP contribution in [0.25, 0.3) is 0 Å². The fraction of sp³-hybridized carbons (Fsp3) is 0.636. The van der Waals surface area contributed by atoms with Crippen molar-refractivity contribution in [3.63, 3.8) is 0 Å². The molecule has 0 saturated heterocycles. The molecule has 0 saturated carbocycles. The molecular weight excluding hydrogens is 238 g/mol. The summed E-state index contributed by atoms with van der Waals surface area (Å²) in [5, 5.41) is 0.242. The third-order valence-electron chi connectivity index (χ3n) is 2.55. The lowest BCUT2D eigenvalue weighted by atomic mass is 10.3. The Kier molecular flexibility index (Phi) is 4.96. The van der Waals surface area contributed by atoms with Crippen LogP contribution >= 0.6 is 11.6 Å². The van der Waals surface area contributed by atoms with Gasteiger partial charge in [-0.3, -0.25) is 0 Å². The van der Waals surface area contributed by atoms with Crippen molar-refractivity contribution in [1.29, 1.82) is 0 Å². The van der Waals surface area contributed by atoms with Crippen LogP contribution in [0.1, 0.15) is 12.1 Å². The Morgan fingerprint density at radius 3 is 2.41 bits per heavy atom. The van der Waals surface area contributed by atoms with Gasteiger partial charge in [0.2, 0.25) is 5.28 Å². The third kappa shape index (κ3) is 4.02. The lowest BCUT2D eigenvalue weighted by Gasteiger charge is -2.21. The van der Waals surface area contributed by atoms with Gasteiger partial charge in [0.05, 0.1) is 11.4 Å². The van der Waals surface area contributed by atoms with E-state index in [0.29, 0.717) is 11.5 Å². The average Bonchev–Trinajstić information content (AvgIpc) is 2.22. The van der Waals surface area contributed by atoms with Crippen LogP contribution in [0, 0.1) is 6.92 Å². The summed E-state index contributed by atoms with van der Waals surface area (Å²) in [6.07, 6.45) is 1.05. The van der Waals surface area contributed by atoms with Crippen LogP contribution in [0.3, 0.4) is 0 Å². The highest BCUT2D eigenvalue weighted by Crippen LogP contribution is 2.23. The van der Waals surface area contributed by atoms with Crippen molar-refractivity contribution in [3.05, 3.63) is 11.0 Å². The van der Waals surface area contributed by atoms with Crippen LogP contribution in [0.2, 0.25) is 5.28 Å². The zero-order valence-corrected chi connectivity index (χ0v) is 11.6. The standard InChI is InChI=1S/C11H20ClN5/c1-8-9(13)10(15-11(12)14-8)17(4)7-5-6-16(2)3/h5-7,13H2,1-4H3. The number of nitrogens with two attached hydrogens (primary N) is 1. The van der Waals surface area contributed by atoms with E-state index in [9.17, 15) is 0 Å². The van der Waals surface area contributed by atoms with Crippen molar-refractivity contribution in [2.45, 2.75) is 13.3 Å². The summed E-state index contributed by atoms with van der Waals surface area (Å²) < 4.78 is 0. The fourth-order valence-corrected chi connectivity index (χ4v) is 1.76. The predicted molar refractivity (Wildman–Crippen MR) is 72.6 cm³/mol. The summed E-state index contributed by atoms with van der Waals surface area (Å²) in [4.78, 5) is 12.4. The number of rotatable bonds is 5. The lowest BCUT2D eigenvalue weighted by molar-refractivity contribution is 0.401. The second-order valence-electron chi connectivity index (χ2n) is 4.39. The molecule has 96 valence electrons. The van der Waals surface area contributed by atoms with Crippen molar-refractivity contribution in [2.75, 3.05) is 44.9 Å². The monoisotopic (exact) mass is 257 g/mol. The Morgan fingerprint density at radius 1 is 1.18 bits per heavy atom. The molecule has 1 rings (SSSR count). The van der Waals surface area contributed by atoms with E-state index < -0.39 is 0 Å². The van der Waals surface area contributed by atoms with Gasteiger partial charge >= 0.3 is 0 Å². The molecule has 0 aromatic carbocycles. The van der Waals surface area contributed by atoms with Crippen LogP contribution in [-0.4, -0.2) is 49.1 Å². The van der Waals surface area contributed by atoms with Crippen LogP contribution in [-0.2, 0) is 0 Å². The molecule has 0 amide bonds. The van der Waals surface area contributed by atoms with Crippen LogP contribution in [0.15, 0.2) is 0 Å². The maximum Gasteiger partial charge on any atom is 0.224 e. The Hall–Kier alpha value is -1.07. The summed E-state index contributed by atoms with van der Waals surface area (Å²) in [7, 11) is 6.07. The number of nitrogen functional groups attached to an aromatic ring is 1. The molecule has 0 aliphatic carbocycles. The van der Waals surface area contributed by atoms with E-state index in [1.54, 1.807) is 0 Å². The Bertz CT molecular complexity index is 380. The summed E-state index contributed by atoms with van der Waals surface area (Å²) >= 11 is 5.84. The first-order valence-electron chi connectivity index (χ1n) is 5.57. The molecule has 0 spiro atoms. The minimum atomic E-state index is 0.242. The summed E-state index contributed by atoms with van der Waals surface area (Å²) in [5.74, 6) is 0.709. The normalized spacial score (nSPS) is 10.9. The van der Waals surface area contributed by atoms with Gasteiger partial charge in [0.1, 0.15) is 0 Å². The number of anilines is 2. The van der Waals surface area contributed by atoms with E-state index in [1.165, 1.54) is 0 Å². The number of nitrogens with zero attached hydrogens (tertiary/aromatic N) is 4. The third-order valence-corrected chi connectivity index (χ3v) is 2.72. The predicted octanol–water partition coefficient (Wildman–Crippen LogP) is 1.41. The summed E-state index contributed by atoms with van der Waals surface area (Å²) in [6.45, 7) is 3.75. The fourth-order valence-electron chi connectivity index (χ4n) is 1.55. The lowest BCUT2D eigenvalue weighted by Crippen LogP contribution is -2.25. The minimum Gasteiger partial charge on any atom is -0.394 e. The van der Waals surface area contributed by atoms with Crippen molar-refractivity contribution >= 4 is 23.1 Å². The molecule has 0 unspecified atom stereocenters. The zero-order valence-electron chi connectivity index (χ0n) is 10.9. The smallest absolute Gasteiger partial charge is 0.224 e. The molecule has 0 atom stereocenters. The molecule has 6 heteroatoms. The molecule has 1 aromatic rings. The molecule has 0 radical (unpaired) electrons. The molecule has 2 N–H and O–H groups in total. The molecule has 5 nitrogen and oxygen atoms in total. The second kappa shape index (κ2) is 6.02. The number of aromatic nitrogens is 2. The highest BCUT2D eigenvalue weighted by molar-refractivity contribution is 6.28. The number of hydrogen-bond donors (Lipinski definition) is 1. The van der Waals surface area contributed by atoms with Gasteiger partial charge in [0, 0.05) is 13.6 Å². The highest BCUT2D eigenvalue weighted by Gasteiger charge is 2.11. The Balaban J connectivity index is 2.71. The van der Waals surface area contributed by atoms with E-state index in [1.807, 2.05) is 18.9 Å². The summed E-state index contributed by atoms with van der Waals surface area (Å²) in [5.41, 5.74) is 7.27. The molecule has 0 fully saturated rings. The SMILES string of the molecule is Cc1nc(Cl)nc(N(C)CCCN(C)C)c1N. The summed E-state index contributed by atoms with van der Waals surface area (Å²) in [6, 6.07) is 0. The van der Waals surface area contributed by atoms with Gasteiger partial charge in [-0.1, -0.05) is 0 Å². The van der Waals surface area contributed by atoms with Gasteiger partial charge in [-0.05, 0) is 45.6 Å². The molecule has 17 heavy (non-hydrogen) atoms. The van der Waals surface area contributed by atoms with Crippen molar-refractivity contribution in [1.82, 2.24) is 14.9 Å². The average molecular weight is 258 g/mol. The maximum absolute atomic E-state index is 5.95. The Labute approximate surface area is 108 Å². The van der Waals surface area contributed by atoms with E-state index in [-0.39, 0.29) is 5.28 Å². The van der Waals surface area contributed by atoms with E-state index in [0.717, 1.165) is 25.2 Å². The molecule has 0 aliphatic rings. The first-order valence-corrected chi connectivity index (χ1v) is 5.95. The van der Waals surface area contributed by atoms with Crippen molar-refractivity contribution in [2.24, 2.45) is 0 Å². The number of halogens is 1. The van der Waals surface area contributed by atoms with Gasteiger partial charge in [-0.15, -0.1) is 0 Å². The number of hydrogen-bond acceptors (Lipinski definition) is 5. The van der Waals surface area contributed by atoms with Gasteiger partial charge in [-0.2, -0.15) is 4.98 Å². The van der Waals surface area contributed by atoms with Crippen LogP contribution in [0.4, 0.5) is 11.5 Å². The number of aryl methyl sites for hydroxylation is 1. The quantitative estimate of drug-likeness (QED) is 0.809. The van der Waals surface area contributed by atoms with E-state index >= 15 is 0 Å². The van der Waals surface area contributed by atoms with Crippen molar-refractivity contribution < 1.29 is 0 Å². The van der Waals surface area contributed by atoms with Gasteiger partial charge in [0.25, 0.3) is 0 Å². The largest absolute Gasteiger partial charge is 0.394 e. The highest BCUT2D eigenvalue weighted by atomic mass is 35.5. The topological polar surface area (TPSA) is 58.3 Å². The van der Waals surface area contributed by atoms with Crippen molar-refractivity contribution in [3.8, 4) is 0 Å². The molecule has 0 bridgehead atoms. The first kappa shape index (κ1) is 14.0. The molecule has 0 aliphatic heterocycles. The van der Waals surface area contributed by atoms with E-state index in [2.05, 4.69) is 29.0 Å².